The van der Waals surface area contributed by atoms with Crippen LogP contribution in [0.5, 0.6) is 0 Å². The molecule has 0 unspecified atom stereocenters. The largest absolute Gasteiger partial charge is 0.353 e. The topological polar surface area (TPSA) is 61.4 Å². The van der Waals surface area contributed by atoms with Crippen molar-refractivity contribution in [3.63, 3.8) is 0 Å². The van der Waals surface area contributed by atoms with Gasteiger partial charge >= 0.3 is 0 Å². The van der Waals surface area contributed by atoms with E-state index in [1.807, 2.05) is 24.3 Å². The van der Waals surface area contributed by atoms with Crippen LogP contribution in [0.3, 0.4) is 0 Å². The average molecular weight is 354 g/mol. The molecule has 0 radical (unpaired) electrons. The van der Waals surface area contributed by atoms with Gasteiger partial charge in [0.2, 0.25) is 5.91 Å². The molecule has 22 heavy (non-hydrogen) atoms. The molecule has 1 fully saturated rings. The summed E-state index contributed by atoms with van der Waals surface area (Å²) in [6, 6.07) is 7.56. The standard InChI is InChI=1S/C14H12ClN3O2S2/c15-11-8-3-1-2-4-9(8)22-12(11)13(20)17-14(21)18-6-5-16-10(19)7-18/h1-4H,5-7H2,(H,16,19)(H,17,20,21). The highest BCUT2D eigenvalue weighted by Crippen LogP contribution is 2.34. The number of hydrogen-bond acceptors (Lipinski definition) is 4. The van der Waals surface area contributed by atoms with Gasteiger partial charge < -0.3 is 10.2 Å². The van der Waals surface area contributed by atoms with Gasteiger partial charge in [0.15, 0.2) is 5.11 Å². The van der Waals surface area contributed by atoms with Crippen molar-refractivity contribution in [3.8, 4) is 0 Å². The monoisotopic (exact) mass is 353 g/mol. The Morgan fingerprint density at radius 1 is 1.41 bits per heavy atom. The number of halogens is 1. The first-order valence-electron chi connectivity index (χ1n) is 6.60. The Labute approximate surface area is 141 Å². The Morgan fingerprint density at radius 3 is 2.91 bits per heavy atom. The van der Waals surface area contributed by atoms with E-state index in [9.17, 15) is 9.59 Å². The maximum absolute atomic E-state index is 12.4. The smallest absolute Gasteiger partial charge is 0.269 e. The molecule has 1 aromatic carbocycles. The van der Waals surface area contributed by atoms with Crippen molar-refractivity contribution in [3.05, 3.63) is 34.2 Å². The van der Waals surface area contributed by atoms with Gasteiger partial charge in [-0.2, -0.15) is 0 Å². The number of piperazine rings is 1. The SMILES string of the molecule is O=C1CN(C(=S)NC(=O)c2sc3ccccc3c2Cl)CCN1. The first kappa shape index (κ1) is 15.2. The van der Waals surface area contributed by atoms with Gasteiger partial charge in [-0.05, 0) is 18.3 Å². The molecule has 0 saturated carbocycles. The lowest BCUT2D eigenvalue weighted by Gasteiger charge is -2.28. The van der Waals surface area contributed by atoms with E-state index in [1.165, 1.54) is 11.3 Å². The fourth-order valence-electron chi connectivity index (χ4n) is 2.20. The fraction of sp³-hybridized carbons (Fsp3) is 0.214. The molecule has 1 aromatic heterocycles. The third-order valence-electron chi connectivity index (χ3n) is 3.29. The molecule has 0 atom stereocenters. The lowest BCUT2D eigenvalue weighted by molar-refractivity contribution is -0.122. The number of hydrogen-bond donors (Lipinski definition) is 2. The summed E-state index contributed by atoms with van der Waals surface area (Å²) in [5.74, 6) is -0.454. The molecular weight excluding hydrogens is 342 g/mol. The molecule has 0 bridgehead atoms. The highest BCUT2D eigenvalue weighted by molar-refractivity contribution is 7.80. The van der Waals surface area contributed by atoms with Crippen LogP contribution in [0, 0.1) is 0 Å². The molecule has 1 aliphatic rings. The normalized spacial score (nSPS) is 14.8. The highest BCUT2D eigenvalue weighted by atomic mass is 35.5. The third-order valence-corrected chi connectivity index (χ3v) is 5.32. The number of nitrogens with one attached hydrogen (secondary N) is 2. The van der Waals surface area contributed by atoms with Crippen molar-refractivity contribution < 1.29 is 9.59 Å². The number of fused-ring (bicyclic) bond motifs is 1. The molecule has 2 heterocycles. The maximum atomic E-state index is 12.4. The zero-order valence-corrected chi connectivity index (χ0v) is 13.8. The van der Waals surface area contributed by atoms with Gasteiger partial charge in [0.1, 0.15) is 4.88 Å². The number of thiocarbonyl (C=S) groups is 1. The van der Waals surface area contributed by atoms with Gasteiger partial charge in [0.05, 0.1) is 11.6 Å². The summed E-state index contributed by atoms with van der Waals surface area (Å²) in [5, 5.41) is 6.88. The lowest BCUT2D eigenvalue weighted by atomic mass is 10.2. The van der Waals surface area contributed by atoms with E-state index in [4.69, 9.17) is 23.8 Å². The number of thiophene rings is 1. The predicted octanol–water partition coefficient (Wildman–Crippen LogP) is 2.00. The number of amides is 2. The van der Waals surface area contributed by atoms with Crippen molar-refractivity contribution >= 4 is 62.2 Å². The third kappa shape index (κ3) is 2.92. The quantitative estimate of drug-likeness (QED) is 0.770. The lowest BCUT2D eigenvalue weighted by Crippen LogP contribution is -2.53. The number of carbonyl (C=O) groups excluding carboxylic acids is 2. The minimum atomic E-state index is -0.345. The van der Waals surface area contributed by atoms with Crippen LogP contribution in [0.2, 0.25) is 5.02 Å². The molecule has 1 aliphatic heterocycles. The number of carbonyl (C=O) groups is 2. The second kappa shape index (κ2) is 6.20. The summed E-state index contributed by atoms with van der Waals surface area (Å²) >= 11 is 12.8. The molecular formula is C14H12ClN3O2S2. The second-order valence-corrected chi connectivity index (χ2v) is 6.59. The summed E-state index contributed by atoms with van der Waals surface area (Å²) in [4.78, 5) is 25.8. The summed E-state index contributed by atoms with van der Waals surface area (Å²) in [6.07, 6.45) is 0. The molecule has 0 spiro atoms. The van der Waals surface area contributed by atoms with Crippen LogP contribution in [0.15, 0.2) is 24.3 Å². The van der Waals surface area contributed by atoms with E-state index in [0.29, 0.717) is 23.0 Å². The van der Waals surface area contributed by atoms with Gasteiger partial charge in [0.25, 0.3) is 5.91 Å². The molecule has 2 amide bonds. The first-order valence-corrected chi connectivity index (χ1v) is 8.20. The van der Waals surface area contributed by atoms with E-state index >= 15 is 0 Å². The molecule has 3 rings (SSSR count). The second-order valence-electron chi connectivity index (χ2n) is 4.77. The average Bonchev–Trinajstić information content (AvgIpc) is 2.85. The molecule has 2 aromatic rings. The Bertz CT molecular complexity index is 775. The van der Waals surface area contributed by atoms with Gasteiger partial charge in [-0.15, -0.1) is 11.3 Å². The van der Waals surface area contributed by atoms with Gasteiger partial charge in [-0.3, -0.25) is 14.9 Å². The van der Waals surface area contributed by atoms with Crippen molar-refractivity contribution in [2.24, 2.45) is 0 Å². The highest BCUT2D eigenvalue weighted by Gasteiger charge is 2.22. The van der Waals surface area contributed by atoms with Crippen LogP contribution in [0.1, 0.15) is 9.67 Å². The summed E-state index contributed by atoms with van der Waals surface area (Å²) in [7, 11) is 0. The Hall–Kier alpha value is -1.70. The van der Waals surface area contributed by atoms with E-state index in [0.717, 1.165) is 10.1 Å². The summed E-state index contributed by atoms with van der Waals surface area (Å²) < 4.78 is 0.945. The van der Waals surface area contributed by atoms with Crippen LogP contribution in [-0.4, -0.2) is 41.5 Å². The number of benzene rings is 1. The van der Waals surface area contributed by atoms with Crippen LogP contribution in [0.25, 0.3) is 10.1 Å². The first-order chi connectivity index (χ1) is 10.6. The Balaban J connectivity index is 1.77. The van der Waals surface area contributed by atoms with Crippen molar-refractivity contribution in [2.75, 3.05) is 19.6 Å². The Morgan fingerprint density at radius 2 is 2.18 bits per heavy atom. The summed E-state index contributed by atoms with van der Waals surface area (Å²) in [6.45, 7) is 1.24. The van der Waals surface area contributed by atoms with Crippen LogP contribution in [-0.2, 0) is 4.79 Å². The van der Waals surface area contributed by atoms with Crippen LogP contribution in [0.4, 0.5) is 0 Å². The minimum absolute atomic E-state index is 0.109. The van der Waals surface area contributed by atoms with E-state index in [2.05, 4.69) is 10.6 Å². The van der Waals surface area contributed by atoms with E-state index in [1.54, 1.807) is 4.90 Å². The van der Waals surface area contributed by atoms with Gasteiger partial charge in [-0.1, -0.05) is 29.8 Å². The van der Waals surface area contributed by atoms with Crippen LogP contribution < -0.4 is 10.6 Å². The molecule has 0 aliphatic carbocycles. The zero-order valence-electron chi connectivity index (χ0n) is 11.4. The molecule has 114 valence electrons. The fourth-order valence-corrected chi connectivity index (χ4v) is 3.87. The van der Waals surface area contributed by atoms with E-state index < -0.39 is 0 Å². The Kier molecular flexibility index (Phi) is 4.28. The minimum Gasteiger partial charge on any atom is -0.353 e. The number of rotatable bonds is 1. The van der Waals surface area contributed by atoms with Crippen molar-refractivity contribution in [2.45, 2.75) is 0 Å². The molecule has 1 saturated heterocycles. The zero-order chi connectivity index (χ0) is 15.7. The molecule has 8 heteroatoms. The predicted molar refractivity (Wildman–Crippen MR) is 91.5 cm³/mol. The number of nitrogens with zero attached hydrogens (tertiary/aromatic N) is 1. The van der Waals surface area contributed by atoms with Crippen molar-refractivity contribution in [1.29, 1.82) is 0 Å². The summed E-state index contributed by atoms with van der Waals surface area (Å²) in [5.41, 5.74) is 0. The molecule has 2 N–H and O–H groups in total. The van der Waals surface area contributed by atoms with Gasteiger partial charge in [-0.25, -0.2) is 0 Å². The van der Waals surface area contributed by atoms with Crippen molar-refractivity contribution in [1.82, 2.24) is 15.5 Å². The van der Waals surface area contributed by atoms with Gasteiger partial charge in [0, 0.05) is 23.2 Å². The van der Waals surface area contributed by atoms with E-state index in [-0.39, 0.29) is 23.5 Å². The molecule has 5 nitrogen and oxygen atoms in total. The van der Waals surface area contributed by atoms with Crippen LogP contribution >= 0.6 is 35.2 Å². The maximum Gasteiger partial charge on any atom is 0.269 e.